The smallest absolute Gasteiger partial charge is 0.338 e. The lowest BCUT2D eigenvalue weighted by molar-refractivity contribution is -0.139. The minimum Gasteiger partial charge on any atom is -0.497 e. The van der Waals surface area contributed by atoms with Crippen LogP contribution in [0, 0.1) is 0 Å². The van der Waals surface area contributed by atoms with Gasteiger partial charge in [-0.05, 0) is 56.7 Å². The summed E-state index contributed by atoms with van der Waals surface area (Å²) in [7, 11) is 4.65. The molecule has 0 saturated carbocycles. The number of carbonyl (C=O) groups is 1. The number of halogens is 1. The van der Waals surface area contributed by atoms with E-state index in [0.29, 0.717) is 50.2 Å². The quantitative estimate of drug-likeness (QED) is 0.335. The average Bonchev–Trinajstić information content (AvgIpc) is 3.23. The van der Waals surface area contributed by atoms with Crippen molar-refractivity contribution in [3.63, 3.8) is 0 Å². The SMILES string of the molecule is CCOC(=O)C1=C(C)N=c2s/c(=C/c3cc(OCC)c(OC)cc3Br)c(=O)n2[C@@H]1c1ccc(OC)cc1OC. The average molecular weight is 618 g/mol. The minimum absolute atomic E-state index is 0.181. The molecular weight excluding hydrogens is 588 g/mol. The van der Waals surface area contributed by atoms with Crippen molar-refractivity contribution in [3.8, 4) is 23.0 Å². The Labute approximate surface area is 238 Å². The summed E-state index contributed by atoms with van der Waals surface area (Å²) >= 11 is 4.80. The Morgan fingerprint density at radius 2 is 1.79 bits per heavy atom. The number of fused-ring (bicyclic) bond motifs is 1. The summed E-state index contributed by atoms with van der Waals surface area (Å²) < 4.78 is 30.2. The molecule has 11 heteroatoms. The summed E-state index contributed by atoms with van der Waals surface area (Å²) in [6, 6.07) is 8.04. The highest BCUT2D eigenvalue weighted by molar-refractivity contribution is 9.10. The fourth-order valence-corrected chi connectivity index (χ4v) is 5.83. The van der Waals surface area contributed by atoms with Crippen LogP contribution >= 0.6 is 27.3 Å². The monoisotopic (exact) mass is 616 g/mol. The Morgan fingerprint density at radius 1 is 1.05 bits per heavy atom. The van der Waals surface area contributed by atoms with Gasteiger partial charge in [-0.25, -0.2) is 9.79 Å². The van der Waals surface area contributed by atoms with Crippen LogP contribution in [0.25, 0.3) is 6.08 Å². The van der Waals surface area contributed by atoms with E-state index in [9.17, 15) is 9.59 Å². The van der Waals surface area contributed by atoms with Crippen molar-refractivity contribution in [3.05, 3.63) is 76.9 Å². The number of hydrogen-bond donors (Lipinski definition) is 0. The van der Waals surface area contributed by atoms with E-state index in [1.807, 2.05) is 13.0 Å². The van der Waals surface area contributed by atoms with Crippen LogP contribution in [0.3, 0.4) is 0 Å². The van der Waals surface area contributed by atoms with Crippen molar-refractivity contribution in [2.24, 2.45) is 4.99 Å². The van der Waals surface area contributed by atoms with Gasteiger partial charge >= 0.3 is 5.97 Å². The van der Waals surface area contributed by atoms with Gasteiger partial charge in [-0.2, -0.15) is 0 Å². The lowest BCUT2D eigenvalue weighted by Crippen LogP contribution is -2.40. The first-order chi connectivity index (χ1) is 18.8. The largest absolute Gasteiger partial charge is 0.497 e. The van der Waals surface area contributed by atoms with Crippen molar-refractivity contribution in [2.45, 2.75) is 26.8 Å². The summed E-state index contributed by atoms with van der Waals surface area (Å²) in [6.07, 6.45) is 1.77. The van der Waals surface area contributed by atoms with Crippen LogP contribution in [0.1, 0.15) is 37.9 Å². The Kier molecular flexibility index (Phi) is 8.81. The van der Waals surface area contributed by atoms with Crippen LogP contribution in [-0.2, 0) is 9.53 Å². The van der Waals surface area contributed by atoms with E-state index >= 15 is 0 Å². The third-order valence-electron chi connectivity index (χ3n) is 6.12. The molecule has 39 heavy (non-hydrogen) atoms. The molecule has 1 aromatic heterocycles. The van der Waals surface area contributed by atoms with Gasteiger partial charge in [0.05, 0.1) is 50.3 Å². The fraction of sp³-hybridized carbons (Fsp3) is 0.321. The van der Waals surface area contributed by atoms with Crippen LogP contribution in [-0.4, -0.2) is 45.1 Å². The number of aromatic nitrogens is 1. The molecule has 3 aromatic rings. The molecule has 206 valence electrons. The summed E-state index contributed by atoms with van der Waals surface area (Å²) in [4.78, 5) is 32.2. The first-order valence-corrected chi connectivity index (χ1v) is 13.8. The second-order valence-corrected chi connectivity index (χ2v) is 10.2. The Hall–Kier alpha value is -3.57. The summed E-state index contributed by atoms with van der Waals surface area (Å²) in [6.45, 7) is 5.99. The number of methoxy groups -OCH3 is 3. The van der Waals surface area contributed by atoms with Crippen molar-refractivity contribution < 1.29 is 28.5 Å². The number of rotatable bonds is 9. The van der Waals surface area contributed by atoms with Gasteiger partial charge in [0.25, 0.3) is 5.56 Å². The second kappa shape index (κ2) is 12.1. The van der Waals surface area contributed by atoms with Crippen LogP contribution < -0.4 is 33.8 Å². The molecule has 1 aliphatic heterocycles. The lowest BCUT2D eigenvalue weighted by Gasteiger charge is -2.26. The summed E-state index contributed by atoms with van der Waals surface area (Å²) in [5.41, 5.74) is 1.76. The number of esters is 1. The van der Waals surface area contributed by atoms with Gasteiger partial charge in [-0.3, -0.25) is 9.36 Å². The van der Waals surface area contributed by atoms with E-state index in [1.165, 1.54) is 23.0 Å². The molecule has 0 radical (unpaired) electrons. The highest BCUT2D eigenvalue weighted by Crippen LogP contribution is 2.38. The van der Waals surface area contributed by atoms with Crippen LogP contribution in [0.2, 0.25) is 0 Å². The van der Waals surface area contributed by atoms with Gasteiger partial charge in [0, 0.05) is 16.1 Å². The molecule has 1 aliphatic rings. The number of ether oxygens (including phenoxy) is 5. The van der Waals surface area contributed by atoms with Crippen LogP contribution in [0.4, 0.5) is 0 Å². The third kappa shape index (κ3) is 5.46. The van der Waals surface area contributed by atoms with E-state index in [4.69, 9.17) is 23.7 Å². The lowest BCUT2D eigenvalue weighted by atomic mass is 9.95. The van der Waals surface area contributed by atoms with Gasteiger partial charge in [-0.15, -0.1) is 0 Å². The maximum Gasteiger partial charge on any atom is 0.338 e. The number of allylic oxidation sites excluding steroid dienone is 1. The second-order valence-electron chi connectivity index (χ2n) is 8.37. The van der Waals surface area contributed by atoms with E-state index in [2.05, 4.69) is 20.9 Å². The number of benzene rings is 2. The highest BCUT2D eigenvalue weighted by atomic mass is 79.9. The first-order valence-electron chi connectivity index (χ1n) is 12.2. The van der Waals surface area contributed by atoms with Gasteiger partial charge in [-0.1, -0.05) is 27.3 Å². The summed E-state index contributed by atoms with van der Waals surface area (Å²) in [5.74, 6) is 1.63. The van der Waals surface area contributed by atoms with Crippen LogP contribution in [0.15, 0.2) is 55.9 Å². The molecule has 0 bridgehead atoms. The van der Waals surface area contributed by atoms with Gasteiger partial charge in [0.15, 0.2) is 16.3 Å². The molecule has 0 saturated heterocycles. The van der Waals surface area contributed by atoms with Crippen LogP contribution in [0.5, 0.6) is 23.0 Å². The predicted octanol–water partition coefficient (Wildman–Crippen LogP) is 3.99. The first kappa shape index (κ1) is 28.4. The molecule has 4 rings (SSSR count). The van der Waals surface area contributed by atoms with E-state index in [-0.39, 0.29) is 17.7 Å². The predicted molar refractivity (Wildman–Crippen MR) is 152 cm³/mol. The maximum absolute atomic E-state index is 14.0. The van der Waals surface area contributed by atoms with E-state index in [0.717, 1.165) is 10.0 Å². The molecule has 0 spiro atoms. The zero-order valence-electron chi connectivity index (χ0n) is 22.5. The molecule has 2 aromatic carbocycles. The molecule has 2 heterocycles. The number of carbonyl (C=O) groups excluding carboxylic acids is 1. The van der Waals surface area contributed by atoms with E-state index < -0.39 is 12.0 Å². The van der Waals surface area contributed by atoms with Gasteiger partial charge in [0.1, 0.15) is 17.5 Å². The number of thiazole rings is 1. The molecule has 0 aliphatic carbocycles. The van der Waals surface area contributed by atoms with Crippen molar-refractivity contribution in [1.29, 1.82) is 0 Å². The summed E-state index contributed by atoms with van der Waals surface area (Å²) in [5, 5.41) is 0. The Bertz CT molecular complexity index is 1620. The number of nitrogens with zero attached hydrogens (tertiary/aromatic N) is 2. The normalized spacial score (nSPS) is 14.9. The van der Waals surface area contributed by atoms with Crippen molar-refractivity contribution in [2.75, 3.05) is 34.5 Å². The highest BCUT2D eigenvalue weighted by Gasteiger charge is 2.35. The molecule has 1 atom stereocenters. The van der Waals surface area contributed by atoms with Crippen molar-refractivity contribution in [1.82, 2.24) is 4.57 Å². The third-order valence-corrected chi connectivity index (χ3v) is 7.79. The van der Waals surface area contributed by atoms with Gasteiger partial charge < -0.3 is 23.7 Å². The zero-order valence-corrected chi connectivity index (χ0v) is 24.9. The topological polar surface area (TPSA) is 97.6 Å². The molecule has 9 nitrogen and oxygen atoms in total. The maximum atomic E-state index is 14.0. The molecular formula is C28H29BrN2O7S. The Balaban J connectivity index is 1.98. The minimum atomic E-state index is -0.818. The standard InChI is InChI=1S/C28H29BrN2O7S/c1-7-37-22-11-16(19(29)14-21(22)36-6)12-23-26(32)31-25(18-10-9-17(34-4)13-20(18)35-5)24(27(33)38-8-2)15(3)30-28(31)39-23/h9-14,25H,7-8H2,1-6H3/b23-12+/t25-/m1/s1. The Morgan fingerprint density at radius 3 is 2.44 bits per heavy atom. The molecule has 0 amide bonds. The molecule has 0 N–H and O–H groups in total. The fourth-order valence-electron chi connectivity index (χ4n) is 4.36. The molecule has 0 unspecified atom stereocenters. The molecule has 0 fully saturated rings. The van der Waals surface area contributed by atoms with E-state index in [1.54, 1.807) is 58.4 Å². The zero-order chi connectivity index (χ0) is 28.3. The number of hydrogen-bond acceptors (Lipinski definition) is 9. The van der Waals surface area contributed by atoms with Gasteiger partial charge in [0.2, 0.25) is 0 Å². The van der Waals surface area contributed by atoms with Crippen molar-refractivity contribution >= 4 is 39.3 Å².